The van der Waals surface area contributed by atoms with Crippen molar-refractivity contribution in [3.63, 3.8) is 0 Å². The first-order valence-electron chi connectivity index (χ1n) is 13.4. The van der Waals surface area contributed by atoms with E-state index in [0.717, 1.165) is 0 Å². The van der Waals surface area contributed by atoms with Crippen molar-refractivity contribution < 1.29 is 0 Å². The van der Waals surface area contributed by atoms with Crippen LogP contribution in [0.2, 0.25) is 39.3 Å². The van der Waals surface area contributed by atoms with Crippen molar-refractivity contribution in [2.45, 2.75) is 39.3 Å². The molecule has 1 aliphatic heterocycles. The second kappa shape index (κ2) is 9.71. The highest BCUT2D eigenvalue weighted by Crippen LogP contribution is 2.41. The van der Waals surface area contributed by atoms with Crippen LogP contribution < -0.4 is 20.7 Å². The first-order valence-corrected chi connectivity index (χ1v) is 22.4. The van der Waals surface area contributed by atoms with E-state index in [1.807, 2.05) is 0 Å². The van der Waals surface area contributed by atoms with Crippen LogP contribution >= 0.6 is 0 Å². The predicted octanol–water partition coefficient (Wildman–Crippen LogP) is 6.60. The fourth-order valence-corrected chi connectivity index (χ4v) is 13.1. The van der Waals surface area contributed by atoms with Crippen LogP contribution in [-0.2, 0) is 0 Å². The third kappa shape index (κ3) is 4.72. The molecular weight excluding hydrogens is 493 g/mol. The molecule has 0 aliphatic carbocycles. The molecule has 4 aromatic rings. The highest BCUT2D eigenvalue weighted by Gasteiger charge is 2.47. The molecule has 1 heterocycles. The standard InChI is InChI=1S/C34H38Si3/c1-35(2,3)29-21-17-27(18-22-29)33-25-26-34(28-19-23-30(24-20-28)36(4,5)6)37(33,31-13-9-7-10-14-31)32-15-11-8-12-16-32/h7-26H,1-6H3. The average Bonchev–Trinajstić information content (AvgIpc) is 3.30. The molecule has 5 rings (SSSR count). The van der Waals surface area contributed by atoms with Crippen molar-refractivity contribution in [3.05, 3.63) is 132 Å². The Morgan fingerprint density at radius 2 is 0.730 bits per heavy atom. The lowest BCUT2D eigenvalue weighted by Crippen LogP contribution is -2.59. The Labute approximate surface area is 226 Å². The quantitative estimate of drug-likeness (QED) is 0.246. The molecular formula is C34H38Si3. The maximum Gasteiger partial charge on any atom is 0.180 e. The number of benzene rings is 4. The van der Waals surface area contributed by atoms with Gasteiger partial charge in [-0.05, 0) is 31.9 Å². The Morgan fingerprint density at radius 3 is 1.03 bits per heavy atom. The largest absolute Gasteiger partial charge is 0.180 e. The van der Waals surface area contributed by atoms with Gasteiger partial charge in [0.1, 0.15) is 0 Å². The summed E-state index contributed by atoms with van der Waals surface area (Å²) in [6.07, 6.45) is 4.86. The minimum absolute atomic E-state index is 1.35. The van der Waals surface area contributed by atoms with E-state index < -0.39 is 24.2 Å². The molecule has 0 aromatic heterocycles. The summed E-state index contributed by atoms with van der Waals surface area (Å²) in [5.74, 6) is 0. The summed E-state index contributed by atoms with van der Waals surface area (Å²) in [6.45, 7) is 14.5. The van der Waals surface area contributed by atoms with Gasteiger partial charge in [-0.1, -0.05) is 171 Å². The first-order chi connectivity index (χ1) is 17.6. The Morgan fingerprint density at radius 1 is 0.405 bits per heavy atom. The average molecular weight is 531 g/mol. The monoisotopic (exact) mass is 530 g/mol. The van der Waals surface area contributed by atoms with Crippen LogP contribution in [0.25, 0.3) is 10.4 Å². The third-order valence-electron chi connectivity index (χ3n) is 7.76. The zero-order valence-corrected chi connectivity index (χ0v) is 26.0. The van der Waals surface area contributed by atoms with Crippen LogP contribution in [0.15, 0.2) is 121 Å². The molecule has 0 amide bonds. The summed E-state index contributed by atoms with van der Waals surface area (Å²) in [5, 5.41) is 8.88. The van der Waals surface area contributed by atoms with Gasteiger partial charge in [0.15, 0.2) is 8.07 Å². The van der Waals surface area contributed by atoms with Crippen molar-refractivity contribution in [3.8, 4) is 0 Å². The van der Waals surface area contributed by atoms with Crippen molar-refractivity contribution in [2.75, 3.05) is 0 Å². The van der Waals surface area contributed by atoms with Crippen LogP contribution in [0.3, 0.4) is 0 Å². The molecule has 0 fully saturated rings. The zero-order chi connectivity index (χ0) is 26.3. The number of allylic oxidation sites excluding steroid dienone is 2. The minimum Gasteiger partial charge on any atom is -0.0656 e. The predicted molar refractivity (Wildman–Crippen MR) is 173 cm³/mol. The van der Waals surface area contributed by atoms with Gasteiger partial charge in [-0.2, -0.15) is 0 Å². The van der Waals surface area contributed by atoms with E-state index in [1.54, 1.807) is 0 Å². The van der Waals surface area contributed by atoms with E-state index in [0.29, 0.717) is 0 Å². The van der Waals surface area contributed by atoms with E-state index >= 15 is 0 Å². The Hall–Kier alpha value is -2.99. The smallest absolute Gasteiger partial charge is 0.0656 e. The van der Waals surface area contributed by atoms with Gasteiger partial charge in [0, 0.05) is 0 Å². The molecule has 0 unspecified atom stereocenters. The van der Waals surface area contributed by atoms with Crippen molar-refractivity contribution >= 4 is 55.4 Å². The van der Waals surface area contributed by atoms with Crippen molar-refractivity contribution in [2.24, 2.45) is 0 Å². The van der Waals surface area contributed by atoms with E-state index in [4.69, 9.17) is 0 Å². The summed E-state index contributed by atoms with van der Waals surface area (Å²) in [6, 6.07) is 41.7. The zero-order valence-electron chi connectivity index (χ0n) is 23.0. The summed E-state index contributed by atoms with van der Waals surface area (Å²) in [5.41, 5.74) is 2.71. The lowest BCUT2D eigenvalue weighted by atomic mass is 10.2. The van der Waals surface area contributed by atoms with Crippen molar-refractivity contribution in [1.29, 1.82) is 0 Å². The second-order valence-corrected chi connectivity index (χ2v) is 26.2. The van der Waals surface area contributed by atoms with Gasteiger partial charge in [0.25, 0.3) is 0 Å². The number of hydrogen-bond acceptors (Lipinski definition) is 0. The molecule has 0 saturated carbocycles. The lowest BCUT2D eigenvalue weighted by molar-refractivity contribution is 1.62. The molecule has 1 aliphatic rings. The number of hydrogen-bond donors (Lipinski definition) is 0. The molecule has 0 spiro atoms. The van der Waals surface area contributed by atoms with Crippen LogP contribution in [0.1, 0.15) is 11.1 Å². The first kappa shape index (κ1) is 25.7. The van der Waals surface area contributed by atoms with Gasteiger partial charge < -0.3 is 0 Å². The third-order valence-corrected chi connectivity index (χ3v) is 16.8. The lowest BCUT2D eigenvalue weighted by Gasteiger charge is -2.36. The summed E-state index contributed by atoms with van der Waals surface area (Å²) >= 11 is 0. The van der Waals surface area contributed by atoms with E-state index in [-0.39, 0.29) is 0 Å². The van der Waals surface area contributed by atoms with Gasteiger partial charge >= 0.3 is 0 Å². The second-order valence-electron chi connectivity index (χ2n) is 12.3. The van der Waals surface area contributed by atoms with Crippen molar-refractivity contribution in [1.82, 2.24) is 0 Å². The van der Waals surface area contributed by atoms with E-state index in [1.165, 1.54) is 42.3 Å². The molecule has 186 valence electrons. The SMILES string of the molecule is C[Si](C)(C)c1ccc(C2=CC=C(c3ccc([Si](C)(C)C)cc3)[Si]2(c2ccccc2)c2ccccc2)cc1. The molecule has 0 nitrogen and oxygen atoms in total. The molecule has 0 atom stereocenters. The topological polar surface area (TPSA) is 0 Å². The maximum atomic E-state index is 2.43. The minimum atomic E-state index is -2.51. The number of rotatable bonds is 6. The van der Waals surface area contributed by atoms with Gasteiger partial charge in [-0.15, -0.1) is 0 Å². The van der Waals surface area contributed by atoms with Crippen LogP contribution in [-0.4, -0.2) is 24.2 Å². The van der Waals surface area contributed by atoms with E-state index in [2.05, 4.69) is 161 Å². The van der Waals surface area contributed by atoms with Crippen LogP contribution in [0.5, 0.6) is 0 Å². The maximum absolute atomic E-state index is 2.51. The molecule has 0 saturated heterocycles. The molecule has 4 aromatic carbocycles. The van der Waals surface area contributed by atoms with Crippen LogP contribution in [0.4, 0.5) is 0 Å². The van der Waals surface area contributed by atoms with Gasteiger partial charge in [-0.25, -0.2) is 0 Å². The van der Waals surface area contributed by atoms with Gasteiger partial charge in [0.05, 0.1) is 16.1 Å². The normalized spacial score (nSPS) is 15.3. The molecule has 0 N–H and O–H groups in total. The Bertz CT molecular complexity index is 1320. The fourth-order valence-electron chi connectivity index (χ4n) is 5.65. The highest BCUT2D eigenvalue weighted by molar-refractivity contribution is 7.26. The highest BCUT2D eigenvalue weighted by atomic mass is 28.3. The summed E-state index contributed by atoms with van der Waals surface area (Å²) in [7, 11) is -5.24. The summed E-state index contributed by atoms with van der Waals surface area (Å²) in [4.78, 5) is 0. The molecule has 3 heteroatoms. The molecule has 37 heavy (non-hydrogen) atoms. The Kier molecular flexibility index (Phi) is 6.73. The van der Waals surface area contributed by atoms with E-state index in [9.17, 15) is 0 Å². The Balaban J connectivity index is 1.74. The van der Waals surface area contributed by atoms with Crippen LogP contribution in [0, 0.1) is 0 Å². The van der Waals surface area contributed by atoms with Gasteiger partial charge in [0.2, 0.25) is 0 Å². The molecule has 0 bridgehead atoms. The van der Waals surface area contributed by atoms with Gasteiger partial charge in [-0.3, -0.25) is 0 Å². The fraction of sp³-hybridized carbons (Fsp3) is 0.176. The summed E-state index contributed by atoms with van der Waals surface area (Å²) < 4.78 is 0. The molecule has 0 radical (unpaired) electrons.